The highest BCUT2D eigenvalue weighted by Crippen LogP contribution is 2.39. The molecule has 3 saturated heterocycles. The van der Waals surface area contributed by atoms with Crippen molar-refractivity contribution >= 4 is 34.3 Å². The lowest BCUT2D eigenvalue weighted by atomic mass is 9.79. The number of hydrogen-bond acceptors (Lipinski definition) is 15. The highest BCUT2D eigenvalue weighted by atomic mass is 32.1. The van der Waals surface area contributed by atoms with Gasteiger partial charge in [0.25, 0.3) is 0 Å². The molecule has 2 aromatic rings. The zero-order valence-corrected chi connectivity index (χ0v) is 36.5. The van der Waals surface area contributed by atoms with E-state index in [1.807, 2.05) is 59.0 Å². The van der Waals surface area contributed by atoms with Gasteiger partial charge in [0.1, 0.15) is 23.8 Å². The minimum Gasteiger partial charge on any atom is -0.458 e. The molecule has 0 saturated carbocycles. The number of aryl methyl sites for hydroxylation is 1. The maximum Gasteiger partial charge on any atom is 0.410 e. The number of cyclic esters (lactones) is 1. The first-order valence-corrected chi connectivity index (χ1v) is 21.7. The van der Waals surface area contributed by atoms with Gasteiger partial charge in [0.2, 0.25) is 0 Å². The third kappa shape index (κ3) is 10.3. The number of rotatable bonds is 12. The van der Waals surface area contributed by atoms with Crippen LogP contribution in [0.4, 0.5) is 9.93 Å². The first-order valence-electron chi connectivity index (χ1n) is 20.8. The van der Waals surface area contributed by atoms with Crippen LogP contribution in [0.3, 0.4) is 0 Å². The first-order chi connectivity index (χ1) is 27.5. The summed E-state index contributed by atoms with van der Waals surface area (Å²) in [5.41, 5.74) is 5.28. The molecule has 4 N–H and O–H groups in total. The Morgan fingerprint density at radius 2 is 1.88 bits per heavy atom. The Bertz CT molecular complexity index is 1710. The van der Waals surface area contributed by atoms with Crippen molar-refractivity contribution in [2.75, 3.05) is 32.9 Å². The summed E-state index contributed by atoms with van der Waals surface area (Å²) in [6.45, 7) is 18.8. The Morgan fingerprint density at radius 3 is 2.53 bits per heavy atom. The van der Waals surface area contributed by atoms with Crippen LogP contribution in [-0.4, -0.2) is 134 Å². The third-order valence-electron chi connectivity index (χ3n) is 12.3. The number of esters is 1. The molecule has 3 fully saturated rings. The molecule has 0 bridgehead atoms. The topological polar surface area (TPSA) is 196 Å². The fraction of sp³-hybridized carbons (Fsp3) is 0.756. The Morgan fingerprint density at radius 1 is 1.16 bits per heavy atom. The van der Waals surface area contributed by atoms with Gasteiger partial charge in [0, 0.05) is 37.3 Å². The molecule has 0 radical (unpaired) electrons. The molecular weight excluding hydrogens is 765 g/mol. The predicted molar refractivity (Wildman–Crippen MR) is 221 cm³/mol. The van der Waals surface area contributed by atoms with Crippen LogP contribution in [0.25, 0.3) is 10.6 Å². The number of thiazole rings is 1. The van der Waals surface area contributed by atoms with Gasteiger partial charge in [-0.1, -0.05) is 43.4 Å². The zero-order chi connectivity index (χ0) is 42.5. The number of fused-ring (bicyclic) bond motifs is 1. The van der Waals surface area contributed by atoms with Gasteiger partial charge >= 0.3 is 12.1 Å². The van der Waals surface area contributed by atoms with E-state index in [4.69, 9.17) is 24.7 Å². The number of hydrogen-bond donors (Lipinski definition) is 3. The number of ketones is 1. The van der Waals surface area contributed by atoms with Crippen molar-refractivity contribution in [2.24, 2.45) is 23.7 Å². The van der Waals surface area contributed by atoms with Crippen LogP contribution in [0, 0.1) is 23.7 Å². The summed E-state index contributed by atoms with van der Waals surface area (Å²) in [7, 11) is 3.83. The molecule has 2 aromatic heterocycles. The zero-order valence-electron chi connectivity index (χ0n) is 35.7. The van der Waals surface area contributed by atoms with E-state index in [0.29, 0.717) is 62.6 Å². The van der Waals surface area contributed by atoms with Crippen molar-refractivity contribution < 1.29 is 38.4 Å². The molecule has 0 spiro atoms. The number of unbranched alkanes of at least 4 members (excludes halogenated alkanes) is 1. The predicted octanol–water partition coefficient (Wildman–Crippen LogP) is 4.53. The van der Waals surface area contributed by atoms with Crippen molar-refractivity contribution in [3.63, 3.8) is 0 Å². The van der Waals surface area contributed by atoms with Gasteiger partial charge in [-0.15, -0.1) is 11.7 Å². The van der Waals surface area contributed by atoms with E-state index in [2.05, 4.69) is 34.1 Å². The number of anilines is 1. The van der Waals surface area contributed by atoms with Crippen LogP contribution in [-0.2, 0) is 35.1 Å². The summed E-state index contributed by atoms with van der Waals surface area (Å²) in [6.07, 6.45) is 4.83. The van der Waals surface area contributed by atoms with Crippen LogP contribution in [0.2, 0.25) is 0 Å². The van der Waals surface area contributed by atoms with Crippen LogP contribution < -0.4 is 11.1 Å². The van der Waals surface area contributed by atoms with Crippen molar-refractivity contribution in [2.45, 2.75) is 148 Å². The molecule has 5 heterocycles. The molecule has 1 amide bonds. The molecule has 17 heteroatoms. The minimum absolute atomic E-state index is 0.0977. The van der Waals surface area contributed by atoms with Gasteiger partial charge in [-0.3, -0.25) is 19.2 Å². The van der Waals surface area contributed by atoms with Crippen molar-refractivity contribution in [1.29, 1.82) is 0 Å². The SMILES string of the molecule is C=CC[C@H]1C[C@@H](C)CN[C@H](C)[C@H]2N(CCCCn3cc(-c4cnc(N)s4)nn3)C(=O)O[C@]2(C)[C@@H](CC)OC(=O)[C@H](C)C(=O)[C@H](C)[C@H]1O[C@@H]1O[C@H](C)CC(N(C)C)C1O. The van der Waals surface area contributed by atoms with Gasteiger partial charge in [-0.25, -0.2) is 9.78 Å². The lowest BCUT2D eigenvalue weighted by Crippen LogP contribution is -2.60. The second-order valence-electron chi connectivity index (χ2n) is 17.1. The molecule has 2 unspecified atom stereocenters. The van der Waals surface area contributed by atoms with Crippen LogP contribution in [0.5, 0.6) is 0 Å². The number of aliphatic hydroxyl groups is 1. The molecule has 324 valence electrons. The molecule has 13 atom stereocenters. The van der Waals surface area contributed by atoms with Crippen LogP contribution >= 0.6 is 11.3 Å². The van der Waals surface area contributed by atoms with E-state index in [1.165, 1.54) is 11.3 Å². The summed E-state index contributed by atoms with van der Waals surface area (Å²) in [4.78, 5) is 50.8. The van der Waals surface area contributed by atoms with Gasteiger partial charge in [-0.2, -0.15) is 0 Å². The normalized spacial score (nSPS) is 35.6. The monoisotopic (exact) mass is 830 g/mol. The average molecular weight is 831 g/mol. The summed E-state index contributed by atoms with van der Waals surface area (Å²) in [5, 5.41) is 24.1. The molecule has 5 rings (SSSR count). The largest absolute Gasteiger partial charge is 0.458 e. The van der Waals surface area contributed by atoms with Crippen molar-refractivity contribution in [1.82, 2.24) is 35.1 Å². The molecule has 0 aliphatic carbocycles. The smallest absolute Gasteiger partial charge is 0.410 e. The van der Waals surface area contributed by atoms with E-state index >= 15 is 0 Å². The number of allylic oxidation sites excluding steroid dienone is 1. The highest BCUT2D eigenvalue weighted by molar-refractivity contribution is 7.18. The molecular formula is C41H66N8O8S. The molecule has 0 aromatic carbocycles. The molecule has 3 aliphatic heterocycles. The highest BCUT2D eigenvalue weighted by Gasteiger charge is 2.58. The van der Waals surface area contributed by atoms with Gasteiger partial charge in [0.15, 0.2) is 22.8 Å². The van der Waals surface area contributed by atoms with Gasteiger partial charge < -0.3 is 40.0 Å². The number of Topliss-reactive ketones (excluding diaryl/α,β-unsaturated/α-hetero) is 1. The van der Waals surface area contributed by atoms with Gasteiger partial charge in [-0.05, 0) is 98.7 Å². The number of aromatic nitrogens is 4. The minimum atomic E-state index is -1.21. The van der Waals surface area contributed by atoms with Crippen molar-refractivity contribution in [3.05, 3.63) is 25.0 Å². The number of nitrogens with zero attached hydrogens (tertiary/aromatic N) is 6. The number of nitrogen functional groups attached to an aromatic ring is 1. The van der Waals surface area contributed by atoms with E-state index < -0.39 is 60.1 Å². The van der Waals surface area contributed by atoms with E-state index in [1.54, 1.807) is 29.6 Å². The number of aliphatic hydroxyl groups excluding tert-OH is 1. The fourth-order valence-corrected chi connectivity index (χ4v) is 9.74. The second-order valence-corrected chi connectivity index (χ2v) is 18.1. The Balaban J connectivity index is 1.37. The number of likely N-dealkylation sites (N-methyl/N-ethyl adjacent to an activating group) is 1. The number of ether oxygens (including phenoxy) is 4. The van der Waals surface area contributed by atoms with Crippen LogP contribution in [0.15, 0.2) is 25.0 Å². The van der Waals surface area contributed by atoms with Crippen molar-refractivity contribution in [3.8, 4) is 10.6 Å². The van der Waals surface area contributed by atoms with E-state index in [-0.39, 0.29) is 35.8 Å². The summed E-state index contributed by atoms with van der Waals surface area (Å²) in [5.74, 6) is -3.00. The Kier molecular flexibility index (Phi) is 15.5. The molecule has 3 aliphatic rings. The lowest BCUT2D eigenvalue weighted by molar-refractivity contribution is -0.278. The molecule has 58 heavy (non-hydrogen) atoms. The average Bonchev–Trinajstić information content (AvgIpc) is 3.90. The number of carbonyl (C=O) groups is 3. The van der Waals surface area contributed by atoms with E-state index in [0.717, 1.165) is 11.3 Å². The molecule has 16 nitrogen and oxygen atoms in total. The number of carbonyl (C=O) groups excluding carboxylic acids is 3. The fourth-order valence-electron chi connectivity index (χ4n) is 9.11. The maximum atomic E-state index is 14.3. The number of amides is 1. The Labute approximate surface area is 347 Å². The van der Waals surface area contributed by atoms with Crippen LogP contribution in [0.1, 0.15) is 87.0 Å². The summed E-state index contributed by atoms with van der Waals surface area (Å²) in [6, 6.07) is -0.957. The van der Waals surface area contributed by atoms with E-state index in [9.17, 15) is 19.5 Å². The summed E-state index contributed by atoms with van der Waals surface area (Å²) >= 11 is 1.35. The summed E-state index contributed by atoms with van der Waals surface area (Å²) < 4.78 is 27.1. The standard InChI is InChI=1S/C41H66N8O8S/c1-11-15-28-18-23(3)20-43-27(7)36-41(8,57-40(53)49(36)17-14-13-16-48-22-29(45-46-48)31-21-44-39(42)58-31)32(12-2)55-37(52)26(6)33(50)25(5)35(28)56-38-34(51)30(47(9)10)19-24(4)54-38/h11,21-28,30,32,34-36,38,43,51H,1,12-20H2,2-10H3,(H2,42,44)/t23-,24-,25+,26-,27-,28+,30?,32-,34?,35-,36-,38+,41-/m1/s1. The number of nitrogens with one attached hydrogen (secondary N) is 1. The first kappa shape index (κ1) is 45.6. The maximum absolute atomic E-state index is 14.3. The van der Waals surface area contributed by atoms with Gasteiger partial charge in [0.05, 0.1) is 29.3 Å². The third-order valence-corrected chi connectivity index (χ3v) is 13.1. The number of nitrogens with two attached hydrogens (primary N) is 1. The second kappa shape index (κ2) is 19.7. The lowest BCUT2D eigenvalue weighted by Gasteiger charge is -2.44. The Hall–Kier alpha value is -3.48. The quantitative estimate of drug-likeness (QED) is 0.117.